The van der Waals surface area contributed by atoms with Crippen LogP contribution in [0.2, 0.25) is 0 Å². The minimum absolute atomic E-state index is 0.752. The highest BCUT2D eigenvalue weighted by atomic mass is 32.2. The lowest BCUT2D eigenvalue weighted by atomic mass is 9.99. The molecule has 0 amide bonds. The van der Waals surface area contributed by atoms with E-state index in [0.29, 0.717) is 0 Å². The van der Waals surface area contributed by atoms with Gasteiger partial charge in [-0.25, -0.2) is 0 Å². The quantitative estimate of drug-likeness (QED) is 0.787. The maximum Gasteiger partial charge on any atom is 0.226 e. The van der Waals surface area contributed by atoms with Gasteiger partial charge in [0.2, 0.25) is 5.89 Å². The SMILES string of the molecule is CNCCCc1noc(CC2CCSCC2)n1. The van der Waals surface area contributed by atoms with Crippen LogP contribution < -0.4 is 5.32 Å². The number of nitrogens with zero attached hydrogens (tertiary/aromatic N) is 2. The van der Waals surface area contributed by atoms with Gasteiger partial charge in [0.05, 0.1) is 0 Å². The van der Waals surface area contributed by atoms with E-state index in [4.69, 9.17) is 4.52 Å². The van der Waals surface area contributed by atoms with Crippen LogP contribution in [0, 0.1) is 5.92 Å². The molecule has 0 aliphatic carbocycles. The predicted octanol–water partition coefficient (Wildman–Crippen LogP) is 1.91. The van der Waals surface area contributed by atoms with Crippen LogP contribution in [0.25, 0.3) is 0 Å². The van der Waals surface area contributed by atoms with Gasteiger partial charge in [0, 0.05) is 12.8 Å². The summed E-state index contributed by atoms with van der Waals surface area (Å²) in [6, 6.07) is 0. The number of hydrogen-bond acceptors (Lipinski definition) is 5. The van der Waals surface area contributed by atoms with Gasteiger partial charge in [-0.05, 0) is 50.3 Å². The first-order valence-corrected chi connectivity index (χ1v) is 7.57. The lowest BCUT2D eigenvalue weighted by Gasteiger charge is -2.19. The molecular weight excluding hydrogens is 234 g/mol. The molecule has 0 saturated carbocycles. The first-order valence-electron chi connectivity index (χ1n) is 6.42. The van der Waals surface area contributed by atoms with Gasteiger partial charge in [0.1, 0.15) is 0 Å². The second kappa shape index (κ2) is 7.01. The van der Waals surface area contributed by atoms with E-state index in [1.807, 2.05) is 7.05 Å². The number of aromatic nitrogens is 2. The summed E-state index contributed by atoms with van der Waals surface area (Å²) in [7, 11) is 1.96. The van der Waals surface area contributed by atoms with E-state index in [9.17, 15) is 0 Å². The summed E-state index contributed by atoms with van der Waals surface area (Å²) in [5.41, 5.74) is 0. The Morgan fingerprint density at radius 1 is 1.41 bits per heavy atom. The van der Waals surface area contributed by atoms with Crippen LogP contribution in [0.3, 0.4) is 0 Å². The zero-order valence-corrected chi connectivity index (χ0v) is 11.3. The smallest absolute Gasteiger partial charge is 0.226 e. The van der Waals surface area contributed by atoms with E-state index in [1.165, 1.54) is 24.3 Å². The molecule has 1 aromatic rings. The molecule has 0 unspecified atom stereocenters. The maximum absolute atomic E-state index is 5.31. The van der Waals surface area contributed by atoms with Crippen molar-refractivity contribution in [3.8, 4) is 0 Å². The Hall–Kier alpha value is -0.550. The summed E-state index contributed by atoms with van der Waals surface area (Å²) in [4.78, 5) is 4.46. The Morgan fingerprint density at radius 3 is 3.00 bits per heavy atom. The molecule has 5 heteroatoms. The summed E-state index contributed by atoms with van der Waals surface area (Å²) in [5, 5.41) is 7.16. The average molecular weight is 255 g/mol. The molecule has 1 fully saturated rings. The summed E-state index contributed by atoms with van der Waals surface area (Å²) >= 11 is 2.05. The number of nitrogens with one attached hydrogen (secondary N) is 1. The molecule has 96 valence electrons. The van der Waals surface area contributed by atoms with E-state index in [2.05, 4.69) is 27.2 Å². The summed E-state index contributed by atoms with van der Waals surface area (Å²) in [5.74, 6) is 5.02. The summed E-state index contributed by atoms with van der Waals surface area (Å²) < 4.78 is 5.31. The lowest BCUT2D eigenvalue weighted by molar-refractivity contribution is 0.341. The molecule has 0 atom stereocenters. The van der Waals surface area contributed by atoms with Crippen molar-refractivity contribution in [2.75, 3.05) is 25.1 Å². The van der Waals surface area contributed by atoms with Gasteiger partial charge in [-0.3, -0.25) is 0 Å². The van der Waals surface area contributed by atoms with Crippen molar-refractivity contribution >= 4 is 11.8 Å². The highest BCUT2D eigenvalue weighted by molar-refractivity contribution is 7.99. The minimum Gasteiger partial charge on any atom is -0.339 e. The highest BCUT2D eigenvalue weighted by Gasteiger charge is 2.17. The molecule has 0 radical (unpaired) electrons. The molecule has 2 rings (SSSR count). The first kappa shape index (κ1) is 12.9. The van der Waals surface area contributed by atoms with E-state index in [-0.39, 0.29) is 0 Å². The van der Waals surface area contributed by atoms with Crippen molar-refractivity contribution in [2.24, 2.45) is 5.92 Å². The molecule has 1 aliphatic heterocycles. The average Bonchev–Trinajstić information content (AvgIpc) is 2.79. The van der Waals surface area contributed by atoms with Crippen molar-refractivity contribution in [1.29, 1.82) is 0 Å². The molecule has 0 spiro atoms. The normalized spacial score (nSPS) is 17.5. The molecule has 1 aliphatic rings. The van der Waals surface area contributed by atoms with Gasteiger partial charge in [-0.15, -0.1) is 0 Å². The second-order valence-corrected chi connectivity index (χ2v) is 5.80. The van der Waals surface area contributed by atoms with E-state index in [1.54, 1.807) is 0 Å². The topological polar surface area (TPSA) is 51.0 Å². The zero-order valence-electron chi connectivity index (χ0n) is 10.4. The fourth-order valence-electron chi connectivity index (χ4n) is 2.10. The fourth-order valence-corrected chi connectivity index (χ4v) is 3.30. The van der Waals surface area contributed by atoms with Crippen LogP contribution in [0.1, 0.15) is 31.0 Å². The molecule has 0 aromatic carbocycles. The van der Waals surface area contributed by atoms with E-state index >= 15 is 0 Å². The number of aryl methyl sites for hydroxylation is 1. The van der Waals surface area contributed by atoms with Crippen molar-refractivity contribution < 1.29 is 4.52 Å². The van der Waals surface area contributed by atoms with Crippen LogP contribution in [-0.4, -0.2) is 35.2 Å². The Bertz CT molecular complexity index is 323. The number of thioether (sulfide) groups is 1. The Kier molecular flexibility index (Phi) is 5.32. The highest BCUT2D eigenvalue weighted by Crippen LogP contribution is 2.25. The largest absolute Gasteiger partial charge is 0.339 e. The molecule has 1 saturated heterocycles. The van der Waals surface area contributed by atoms with E-state index in [0.717, 1.165) is 43.4 Å². The summed E-state index contributed by atoms with van der Waals surface area (Å²) in [6.07, 6.45) is 5.53. The monoisotopic (exact) mass is 255 g/mol. The molecule has 17 heavy (non-hydrogen) atoms. The molecule has 1 N–H and O–H groups in total. The number of hydrogen-bond donors (Lipinski definition) is 1. The van der Waals surface area contributed by atoms with Crippen LogP contribution in [0.4, 0.5) is 0 Å². The number of rotatable bonds is 6. The maximum atomic E-state index is 5.31. The van der Waals surface area contributed by atoms with Gasteiger partial charge in [-0.1, -0.05) is 5.16 Å². The first-order chi connectivity index (χ1) is 8.38. The van der Waals surface area contributed by atoms with Crippen molar-refractivity contribution in [1.82, 2.24) is 15.5 Å². The Labute approximate surface area is 107 Å². The molecule has 4 nitrogen and oxygen atoms in total. The standard InChI is InChI=1S/C12H21N3OS/c1-13-6-2-3-11-14-12(16-15-11)9-10-4-7-17-8-5-10/h10,13H,2-9H2,1H3. The lowest BCUT2D eigenvalue weighted by Crippen LogP contribution is -2.12. The Balaban J connectivity index is 1.76. The van der Waals surface area contributed by atoms with E-state index < -0.39 is 0 Å². The Morgan fingerprint density at radius 2 is 2.24 bits per heavy atom. The summed E-state index contributed by atoms with van der Waals surface area (Å²) in [6.45, 7) is 1.00. The van der Waals surface area contributed by atoms with Crippen molar-refractivity contribution in [2.45, 2.75) is 32.1 Å². The van der Waals surface area contributed by atoms with Gasteiger partial charge in [0.15, 0.2) is 5.82 Å². The van der Waals surface area contributed by atoms with Gasteiger partial charge < -0.3 is 9.84 Å². The molecule has 1 aromatic heterocycles. The third-order valence-corrected chi connectivity index (χ3v) is 4.19. The van der Waals surface area contributed by atoms with Crippen LogP contribution in [0.5, 0.6) is 0 Å². The zero-order chi connectivity index (χ0) is 11.9. The fraction of sp³-hybridized carbons (Fsp3) is 0.833. The molecule has 0 bridgehead atoms. The molecular formula is C12H21N3OS. The minimum atomic E-state index is 0.752. The van der Waals surface area contributed by atoms with Gasteiger partial charge in [0.25, 0.3) is 0 Å². The van der Waals surface area contributed by atoms with Crippen molar-refractivity contribution in [3.05, 3.63) is 11.7 Å². The van der Waals surface area contributed by atoms with Crippen LogP contribution >= 0.6 is 11.8 Å². The molecule has 2 heterocycles. The second-order valence-electron chi connectivity index (χ2n) is 4.57. The predicted molar refractivity (Wildman–Crippen MR) is 70.3 cm³/mol. The van der Waals surface area contributed by atoms with Gasteiger partial charge >= 0.3 is 0 Å². The van der Waals surface area contributed by atoms with Crippen molar-refractivity contribution in [3.63, 3.8) is 0 Å². The van der Waals surface area contributed by atoms with Crippen LogP contribution in [0.15, 0.2) is 4.52 Å². The third kappa shape index (κ3) is 4.32. The third-order valence-electron chi connectivity index (χ3n) is 3.14. The van der Waals surface area contributed by atoms with Gasteiger partial charge in [-0.2, -0.15) is 16.7 Å². The van der Waals surface area contributed by atoms with Crippen LogP contribution in [-0.2, 0) is 12.8 Å².